The molecule has 0 aliphatic heterocycles. The highest BCUT2D eigenvalue weighted by Gasteiger charge is 2.48. The molecule has 1 unspecified atom stereocenters. The second kappa shape index (κ2) is 7.40. The SMILES string of the molecule is CC(C)(C)OC(=O)NC(C(=O)[O-])c1ccc(OS(=O)(=O)C(F)(F)F)cc1. The zero-order chi connectivity index (χ0) is 20.3. The third-order valence-electron chi connectivity index (χ3n) is 2.60. The lowest BCUT2D eigenvalue weighted by Gasteiger charge is -2.24. The molecule has 1 aromatic carbocycles. The number of carbonyl (C=O) groups excluding carboxylic acids is 2. The first kappa shape index (κ1) is 21.5. The van der Waals surface area contributed by atoms with Crippen molar-refractivity contribution >= 4 is 22.2 Å². The van der Waals surface area contributed by atoms with Gasteiger partial charge in [-0.3, -0.25) is 0 Å². The molecule has 8 nitrogen and oxygen atoms in total. The number of aliphatic carboxylic acids is 1. The standard InChI is InChI=1S/C14H16F3NO7S/c1-13(2,3)24-12(21)18-10(11(19)20)8-4-6-9(7-5-8)25-26(22,23)14(15,16)17/h4-7,10H,1-3H3,(H,18,21)(H,19,20)/p-1. The molecule has 146 valence electrons. The van der Waals surface area contributed by atoms with E-state index >= 15 is 0 Å². The lowest BCUT2D eigenvalue weighted by molar-refractivity contribution is -0.308. The third kappa shape index (κ3) is 6.10. The summed E-state index contributed by atoms with van der Waals surface area (Å²) in [6.07, 6.45) is -1.06. The van der Waals surface area contributed by atoms with E-state index in [2.05, 4.69) is 4.18 Å². The highest BCUT2D eigenvalue weighted by atomic mass is 32.2. The van der Waals surface area contributed by atoms with E-state index in [1.165, 1.54) is 0 Å². The first-order valence-corrected chi connectivity index (χ1v) is 8.34. The minimum atomic E-state index is -5.86. The smallest absolute Gasteiger partial charge is 0.534 e. The summed E-state index contributed by atoms with van der Waals surface area (Å²) in [5.41, 5.74) is -6.62. The van der Waals surface area contributed by atoms with Gasteiger partial charge in [-0.1, -0.05) is 12.1 Å². The summed E-state index contributed by atoms with van der Waals surface area (Å²) in [6.45, 7) is 4.65. The van der Waals surface area contributed by atoms with Gasteiger partial charge in [0.1, 0.15) is 11.4 Å². The average molecular weight is 398 g/mol. The first-order chi connectivity index (χ1) is 11.6. The van der Waals surface area contributed by atoms with Crippen LogP contribution in [0.15, 0.2) is 24.3 Å². The van der Waals surface area contributed by atoms with Crippen LogP contribution in [0.3, 0.4) is 0 Å². The molecule has 0 aromatic heterocycles. The fraction of sp³-hybridized carbons (Fsp3) is 0.429. The Balaban J connectivity index is 2.96. The monoisotopic (exact) mass is 398 g/mol. The molecule has 1 N–H and O–H groups in total. The molecule has 1 rings (SSSR count). The number of ether oxygens (including phenoxy) is 1. The summed E-state index contributed by atoms with van der Waals surface area (Å²) >= 11 is 0. The van der Waals surface area contributed by atoms with Gasteiger partial charge in [-0.15, -0.1) is 0 Å². The van der Waals surface area contributed by atoms with Crippen LogP contribution in [0.2, 0.25) is 0 Å². The summed E-state index contributed by atoms with van der Waals surface area (Å²) in [6, 6.07) is 1.83. The van der Waals surface area contributed by atoms with Gasteiger partial charge in [0, 0.05) is 0 Å². The molecule has 0 saturated carbocycles. The van der Waals surface area contributed by atoms with Crippen molar-refractivity contribution in [3.05, 3.63) is 29.8 Å². The maximum atomic E-state index is 12.3. The van der Waals surface area contributed by atoms with E-state index < -0.39 is 45.1 Å². The Morgan fingerprint density at radius 2 is 1.62 bits per heavy atom. The topological polar surface area (TPSA) is 122 Å². The zero-order valence-corrected chi connectivity index (χ0v) is 14.6. The average Bonchev–Trinajstić information content (AvgIpc) is 2.42. The highest BCUT2D eigenvalue weighted by molar-refractivity contribution is 7.88. The van der Waals surface area contributed by atoms with Crippen LogP contribution in [-0.2, 0) is 19.6 Å². The molecular weight excluding hydrogens is 383 g/mol. The van der Waals surface area contributed by atoms with Crippen LogP contribution in [-0.4, -0.2) is 31.6 Å². The van der Waals surface area contributed by atoms with Gasteiger partial charge in [-0.2, -0.15) is 21.6 Å². The fourth-order valence-electron chi connectivity index (χ4n) is 1.59. The van der Waals surface area contributed by atoms with E-state index in [-0.39, 0.29) is 5.56 Å². The number of nitrogens with one attached hydrogen (secondary N) is 1. The van der Waals surface area contributed by atoms with Crippen molar-refractivity contribution in [1.82, 2.24) is 5.32 Å². The van der Waals surface area contributed by atoms with E-state index in [0.29, 0.717) is 0 Å². The fourth-order valence-corrected chi connectivity index (χ4v) is 2.05. The van der Waals surface area contributed by atoms with Crippen LogP contribution < -0.4 is 14.6 Å². The van der Waals surface area contributed by atoms with Crippen LogP contribution >= 0.6 is 0 Å². The highest BCUT2D eigenvalue weighted by Crippen LogP contribution is 2.27. The number of carboxylic acid groups (broad SMARTS) is 1. The van der Waals surface area contributed by atoms with Crippen LogP contribution in [0.4, 0.5) is 18.0 Å². The minimum absolute atomic E-state index is 0.104. The van der Waals surface area contributed by atoms with E-state index in [9.17, 15) is 36.3 Å². The molecule has 1 atom stereocenters. The first-order valence-electron chi connectivity index (χ1n) is 6.93. The number of benzene rings is 1. The number of alkyl carbamates (subject to hydrolysis) is 1. The molecular formula is C14H15F3NO7S-. The van der Waals surface area contributed by atoms with Gasteiger partial charge in [0.05, 0.1) is 12.0 Å². The molecule has 0 spiro atoms. The maximum absolute atomic E-state index is 12.3. The van der Waals surface area contributed by atoms with Crippen molar-refractivity contribution in [3.63, 3.8) is 0 Å². The predicted octanol–water partition coefficient (Wildman–Crippen LogP) is 1.23. The van der Waals surface area contributed by atoms with Gasteiger partial charge < -0.3 is 24.1 Å². The number of rotatable bonds is 5. The quantitative estimate of drug-likeness (QED) is 0.585. The van der Waals surface area contributed by atoms with Crippen LogP contribution in [0, 0.1) is 0 Å². The number of carbonyl (C=O) groups is 2. The second-order valence-corrected chi connectivity index (χ2v) is 7.49. The number of carboxylic acids is 1. The second-order valence-electron chi connectivity index (χ2n) is 5.95. The van der Waals surface area contributed by atoms with E-state index in [1.807, 2.05) is 5.32 Å². The van der Waals surface area contributed by atoms with Gasteiger partial charge in [-0.25, -0.2) is 4.79 Å². The minimum Gasteiger partial charge on any atom is -0.548 e. The summed E-state index contributed by atoms with van der Waals surface area (Å²) in [5.74, 6) is -2.41. The molecule has 26 heavy (non-hydrogen) atoms. The van der Waals surface area contributed by atoms with E-state index in [4.69, 9.17) is 4.74 Å². The Kier molecular flexibility index (Phi) is 6.13. The molecule has 0 saturated heterocycles. The van der Waals surface area contributed by atoms with Crippen LogP contribution in [0.1, 0.15) is 32.4 Å². The van der Waals surface area contributed by atoms with Crippen molar-refractivity contribution in [2.75, 3.05) is 0 Å². The number of hydrogen-bond donors (Lipinski definition) is 1. The molecule has 0 radical (unpaired) electrons. The van der Waals surface area contributed by atoms with Gasteiger partial charge in [0.15, 0.2) is 0 Å². The predicted molar refractivity (Wildman–Crippen MR) is 79.2 cm³/mol. The van der Waals surface area contributed by atoms with Crippen molar-refractivity contribution < 1.29 is 45.2 Å². The van der Waals surface area contributed by atoms with Crippen molar-refractivity contribution in [2.24, 2.45) is 0 Å². The van der Waals surface area contributed by atoms with Gasteiger partial charge in [0.25, 0.3) is 0 Å². The molecule has 0 fully saturated rings. The number of halogens is 3. The molecule has 0 aliphatic rings. The zero-order valence-electron chi connectivity index (χ0n) is 13.8. The van der Waals surface area contributed by atoms with Crippen molar-refractivity contribution in [3.8, 4) is 5.75 Å². The van der Waals surface area contributed by atoms with Crippen molar-refractivity contribution in [1.29, 1.82) is 0 Å². The Morgan fingerprint density at radius 3 is 2.00 bits per heavy atom. The van der Waals surface area contributed by atoms with Crippen LogP contribution in [0.5, 0.6) is 5.75 Å². The molecule has 0 aliphatic carbocycles. The number of alkyl halides is 3. The summed E-state index contributed by atoms with van der Waals surface area (Å²) < 4.78 is 67.3. The van der Waals surface area contributed by atoms with E-state index in [0.717, 1.165) is 24.3 Å². The normalized spacial score (nSPS) is 13.6. The molecule has 0 heterocycles. The molecule has 1 amide bonds. The number of amides is 1. The molecule has 12 heteroatoms. The Labute approximate surface area is 147 Å². The van der Waals surface area contributed by atoms with Gasteiger partial charge in [0.2, 0.25) is 0 Å². The lowest BCUT2D eigenvalue weighted by Crippen LogP contribution is -2.43. The Bertz CT molecular complexity index is 767. The van der Waals surface area contributed by atoms with Crippen molar-refractivity contribution in [2.45, 2.75) is 37.9 Å². The Morgan fingerprint density at radius 1 is 1.12 bits per heavy atom. The third-order valence-corrected chi connectivity index (χ3v) is 3.58. The summed E-state index contributed by atoms with van der Waals surface area (Å²) in [4.78, 5) is 22.8. The lowest BCUT2D eigenvalue weighted by atomic mass is 10.1. The van der Waals surface area contributed by atoms with Crippen LogP contribution in [0.25, 0.3) is 0 Å². The van der Waals surface area contributed by atoms with E-state index in [1.54, 1.807) is 20.8 Å². The maximum Gasteiger partial charge on any atom is 0.534 e. The largest absolute Gasteiger partial charge is 0.548 e. The summed E-state index contributed by atoms with van der Waals surface area (Å²) in [7, 11) is -5.86. The van der Waals surface area contributed by atoms with Gasteiger partial charge in [-0.05, 0) is 38.5 Å². The van der Waals surface area contributed by atoms with Gasteiger partial charge >= 0.3 is 21.7 Å². The summed E-state index contributed by atoms with van der Waals surface area (Å²) in [5, 5.41) is 13.2. The molecule has 1 aromatic rings. The Hall–Kier alpha value is -2.50. The number of hydrogen-bond acceptors (Lipinski definition) is 7. The molecule has 0 bridgehead atoms.